The summed E-state index contributed by atoms with van der Waals surface area (Å²) in [4.78, 5) is 11.8. The van der Waals surface area contributed by atoms with Crippen molar-refractivity contribution in [2.75, 3.05) is 26.4 Å². The van der Waals surface area contributed by atoms with Crippen molar-refractivity contribution in [3.05, 3.63) is 0 Å². The first-order valence-corrected chi connectivity index (χ1v) is 8.34. The molecular weight excluding hydrogens is 284 g/mol. The summed E-state index contributed by atoms with van der Waals surface area (Å²) in [6.45, 7) is 8.56. The van der Waals surface area contributed by atoms with Gasteiger partial charge >= 0.3 is 6.09 Å². The highest BCUT2D eigenvalue weighted by molar-refractivity contribution is 5.68. The Morgan fingerprint density at radius 2 is 1.82 bits per heavy atom. The molecule has 1 saturated heterocycles. The molecule has 1 aliphatic carbocycles. The first-order chi connectivity index (χ1) is 10.4. The van der Waals surface area contributed by atoms with Gasteiger partial charge in [0.25, 0.3) is 0 Å². The van der Waals surface area contributed by atoms with Gasteiger partial charge in [0.2, 0.25) is 0 Å². The fraction of sp³-hybridized carbons (Fsp3) is 0.938. The SMILES string of the molecule is CC(C)(C)OC(=O)NC1CCC(NCC2COCCO2)CC1. The maximum atomic E-state index is 11.8. The minimum atomic E-state index is -0.440. The zero-order valence-electron chi connectivity index (χ0n) is 14.0. The molecule has 6 heteroatoms. The number of rotatable bonds is 4. The molecule has 0 aromatic rings. The van der Waals surface area contributed by atoms with Crippen molar-refractivity contribution in [3.63, 3.8) is 0 Å². The van der Waals surface area contributed by atoms with Crippen molar-refractivity contribution in [3.8, 4) is 0 Å². The highest BCUT2D eigenvalue weighted by Gasteiger charge is 2.25. The number of carbonyl (C=O) groups excluding carboxylic acids is 1. The van der Waals surface area contributed by atoms with Gasteiger partial charge in [-0.1, -0.05) is 0 Å². The minimum absolute atomic E-state index is 0.173. The van der Waals surface area contributed by atoms with E-state index >= 15 is 0 Å². The summed E-state index contributed by atoms with van der Waals surface area (Å²) in [7, 11) is 0. The fourth-order valence-electron chi connectivity index (χ4n) is 2.87. The molecular formula is C16H30N2O4. The van der Waals surface area contributed by atoms with Gasteiger partial charge in [0.05, 0.1) is 25.9 Å². The minimum Gasteiger partial charge on any atom is -0.444 e. The fourth-order valence-corrected chi connectivity index (χ4v) is 2.87. The first-order valence-electron chi connectivity index (χ1n) is 8.34. The van der Waals surface area contributed by atoms with Gasteiger partial charge < -0.3 is 24.8 Å². The lowest BCUT2D eigenvalue weighted by Gasteiger charge is -2.32. The van der Waals surface area contributed by atoms with Gasteiger partial charge in [-0.3, -0.25) is 0 Å². The van der Waals surface area contributed by atoms with Crippen LogP contribution in [0.15, 0.2) is 0 Å². The van der Waals surface area contributed by atoms with E-state index in [0.717, 1.165) is 32.2 Å². The quantitative estimate of drug-likeness (QED) is 0.828. The summed E-state index contributed by atoms with van der Waals surface area (Å²) in [6, 6.07) is 0.726. The molecule has 128 valence electrons. The van der Waals surface area contributed by atoms with E-state index in [1.54, 1.807) is 0 Å². The third-order valence-corrected chi connectivity index (χ3v) is 3.97. The molecule has 0 bridgehead atoms. The molecule has 0 spiro atoms. The van der Waals surface area contributed by atoms with Crippen molar-refractivity contribution in [1.82, 2.24) is 10.6 Å². The third-order valence-electron chi connectivity index (χ3n) is 3.97. The van der Waals surface area contributed by atoms with Crippen molar-refractivity contribution in [2.45, 2.75) is 70.2 Å². The van der Waals surface area contributed by atoms with Gasteiger partial charge in [0.15, 0.2) is 0 Å². The maximum absolute atomic E-state index is 11.8. The number of amides is 1. The largest absolute Gasteiger partial charge is 0.444 e. The van der Waals surface area contributed by atoms with E-state index in [9.17, 15) is 4.79 Å². The van der Waals surface area contributed by atoms with Gasteiger partial charge in [-0.25, -0.2) is 4.79 Å². The second-order valence-electron chi connectivity index (χ2n) is 7.17. The number of carbonyl (C=O) groups is 1. The lowest BCUT2D eigenvalue weighted by molar-refractivity contribution is -0.0873. The number of nitrogens with one attached hydrogen (secondary N) is 2. The van der Waals surface area contributed by atoms with Crippen LogP contribution in [-0.2, 0) is 14.2 Å². The van der Waals surface area contributed by atoms with Gasteiger partial charge in [-0.2, -0.15) is 0 Å². The monoisotopic (exact) mass is 314 g/mol. The highest BCUT2D eigenvalue weighted by atomic mass is 16.6. The molecule has 6 nitrogen and oxygen atoms in total. The van der Waals surface area contributed by atoms with E-state index in [1.807, 2.05) is 20.8 Å². The molecule has 2 rings (SSSR count). The number of alkyl carbamates (subject to hydrolysis) is 1. The zero-order valence-corrected chi connectivity index (χ0v) is 14.0. The molecule has 1 atom stereocenters. The van der Waals surface area contributed by atoms with Gasteiger partial charge in [-0.05, 0) is 46.5 Å². The molecule has 1 saturated carbocycles. The Kier molecular flexibility index (Phi) is 6.47. The van der Waals surface area contributed by atoms with Crippen LogP contribution in [0.4, 0.5) is 4.79 Å². The van der Waals surface area contributed by atoms with E-state index < -0.39 is 5.60 Å². The standard InChI is InChI=1S/C16H30N2O4/c1-16(2,3)22-15(19)18-13-6-4-12(5-7-13)17-10-14-11-20-8-9-21-14/h12-14,17H,4-11H2,1-3H3,(H,18,19). The Bertz CT molecular complexity index is 343. The first kappa shape index (κ1) is 17.5. The van der Waals surface area contributed by atoms with Crippen LogP contribution in [0.1, 0.15) is 46.5 Å². The lowest BCUT2D eigenvalue weighted by atomic mass is 9.91. The average Bonchev–Trinajstić information content (AvgIpc) is 2.45. The Balaban J connectivity index is 1.60. The second-order valence-corrected chi connectivity index (χ2v) is 7.17. The Labute approximate surface area is 133 Å². The summed E-state index contributed by atoms with van der Waals surface area (Å²) in [6.07, 6.45) is 3.96. The van der Waals surface area contributed by atoms with Crippen LogP contribution in [-0.4, -0.2) is 56.2 Å². The number of ether oxygens (including phenoxy) is 3. The zero-order chi connectivity index (χ0) is 16.0. The van der Waals surface area contributed by atoms with Gasteiger partial charge in [0.1, 0.15) is 5.60 Å². The van der Waals surface area contributed by atoms with Crippen molar-refractivity contribution in [1.29, 1.82) is 0 Å². The topological polar surface area (TPSA) is 68.8 Å². The predicted molar refractivity (Wildman–Crippen MR) is 84.0 cm³/mol. The summed E-state index contributed by atoms with van der Waals surface area (Å²) in [5.41, 5.74) is -0.440. The Morgan fingerprint density at radius 3 is 2.41 bits per heavy atom. The molecule has 0 aromatic carbocycles. The Hall–Kier alpha value is -0.850. The van der Waals surface area contributed by atoms with Crippen molar-refractivity contribution >= 4 is 6.09 Å². The van der Waals surface area contributed by atoms with Crippen LogP contribution in [0.25, 0.3) is 0 Å². The summed E-state index contributed by atoms with van der Waals surface area (Å²) in [5, 5.41) is 6.52. The third kappa shape index (κ3) is 6.50. The van der Waals surface area contributed by atoms with E-state index in [0.29, 0.717) is 25.9 Å². The molecule has 1 aliphatic heterocycles. The van der Waals surface area contributed by atoms with Gasteiger partial charge in [0, 0.05) is 18.6 Å². The van der Waals surface area contributed by atoms with Crippen LogP contribution in [0, 0.1) is 0 Å². The van der Waals surface area contributed by atoms with Crippen LogP contribution in [0.5, 0.6) is 0 Å². The summed E-state index contributed by atoms with van der Waals surface area (Å²) >= 11 is 0. The van der Waals surface area contributed by atoms with E-state index in [4.69, 9.17) is 14.2 Å². The van der Waals surface area contributed by atoms with E-state index in [2.05, 4.69) is 10.6 Å². The molecule has 2 aliphatic rings. The normalized spacial score (nSPS) is 29.9. The second kappa shape index (κ2) is 8.13. The lowest BCUT2D eigenvalue weighted by Crippen LogP contribution is -2.46. The van der Waals surface area contributed by atoms with Crippen molar-refractivity contribution < 1.29 is 19.0 Å². The van der Waals surface area contributed by atoms with Crippen LogP contribution < -0.4 is 10.6 Å². The van der Waals surface area contributed by atoms with Crippen molar-refractivity contribution in [2.24, 2.45) is 0 Å². The van der Waals surface area contributed by atoms with E-state index in [1.165, 1.54) is 0 Å². The van der Waals surface area contributed by atoms with Crippen LogP contribution in [0.3, 0.4) is 0 Å². The van der Waals surface area contributed by atoms with Crippen LogP contribution in [0.2, 0.25) is 0 Å². The van der Waals surface area contributed by atoms with Gasteiger partial charge in [-0.15, -0.1) is 0 Å². The maximum Gasteiger partial charge on any atom is 0.407 e. The number of hydrogen-bond donors (Lipinski definition) is 2. The molecule has 1 heterocycles. The average molecular weight is 314 g/mol. The molecule has 22 heavy (non-hydrogen) atoms. The van der Waals surface area contributed by atoms with E-state index in [-0.39, 0.29) is 18.2 Å². The summed E-state index contributed by atoms with van der Waals surface area (Å²) in [5.74, 6) is 0. The molecule has 0 aromatic heterocycles. The summed E-state index contributed by atoms with van der Waals surface area (Å²) < 4.78 is 16.3. The molecule has 1 amide bonds. The Morgan fingerprint density at radius 1 is 1.14 bits per heavy atom. The molecule has 0 radical (unpaired) electrons. The predicted octanol–water partition coefficient (Wildman–Crippen LogP) is 1.83. The molecule has 1 unspecified atom stereocenters. The highest BCUT2D eigenvalue weighted by Crippen LogP contribution is 2.19. The molecule has 2 N–H and O–H groups in total. The molecule has 2 fully saturated rings. The number of hydrogen-bond acceptors (Lipinski definition) is 5. The van der Waals surface area contributed by atoms with Crippen LogP contribution >= 0.6 is 0 Å². The smallest absolute Gasteiger partial charge is 0.407 e.